The summed E-state index contributed by atoms with van der Waals surface area (Å²) in [6, 6.07) is 1.87. The van der Waals surface area contributed by atoms with Gasteiger partial charge in [-0.2, -0.15) is 0 Å². The number of hydrogen-bond donors (Lipinski definition) is 1. The van der Waals surface area contributed by atoms with Gasteiger partial charge < -0.3 is 14.6 Å². The molecule has 1 saturated carbocycles. The maximum absolute atomic E-state index is 15.1. The fourth-order valence-electron chi connectivity index (χ4n) is 4.84. The molecule has 1 aromatic carbocycles. The molecule has 0 radical (unpaired) electrons. The van der Waals surface area contributed by atoms with Gasteiger partial charge in [0.15, 0.2) is 0 Å². The molecule has 6 heteroatoms. The van der Waals surface area contributed by atoms with Crippen molar-refractivity contribution in [2.45, 2.75) is 57.0 Å². The molecule has 1 atom stereocenters. The molecule has 2 aliphatic heterocycles. The summed E-state index contributed by atoms with van der Waals surface area (Å²) in [6.07, 6.45) is 8.30. The summed E-state index contributed by atoms with van der Waals surface area (Å²) in [6.45, 7) is 0.848. The first-order valence-electron chi connectivity index (χ1n) is 9.46. The lowest BCUT2D eigenvalue weighted by molar-refractivity contribution is 0.0695. The lowest BCUT2D eigenvalue weighted by Gasteiger charge is -2.27. The van der Waals surface area contributed by atoms with Crippen LogP contribution in [-0.4, -0.2) is 28.2 Å². The van der Waals surface area contributed by atoms with Crippen molar-refractivity contribution >= 4 is 22.6 Å². The molecule has 0 spiro atoms. The van der Waals surface area contributed by atoms with Crippen LogP contribution in [0.1, 0.15) is 60.5 Å². The van der Waals surface area contributed by atoms with Gasteiger partial charge in [-0.05, 0) is 51.0 Å². The van der Waals surface area contributed by atoms with E-state index < -0.39 is 11.4 Å². The molecule has 5 nitrogen and oxygen atoms in total. The van der Waals surface area contributed by atoms with Gasteiger partial charge in [0.25, 0.3) is 0 Å². The lowest BCUT2D eigenvalue weighted by atomic mass is 10.00. The molecule has 1 N–H and O–H groups in total. The zero-order valence-electron chi connectivity index (χ0n) is 14.5. The molecule has 2 aromatic rings. The second-order valence-corrected chi connectivity index (χ2v) is 7.78. The number of carbonyl (C=O) groups is 1. The van der Waals surface area contributed by atoms with E-state index in [1.165, 1.54) is 12.3 Å². The molecular weight excluding hydrogens is 335 g/mol. The van der Waals surface area contributed by atoms with E-state index in [9.17, 15) is 14.7 Å². The molecule has 1 aromatic heterocycles. The number of aromatic carboxylic acids is 1. The van der Waals surface area contributed by atoms with Crippen molar-refractivity contribution in [2.24, 2.45) is 0 Å². The van der Waals surface area contributed by atoms with Gasteiger partial charge in [-0.25, -0.2) is 9.18 Å². The predicted molar refractivity (Wildman–Crippen MR) is 96.7 cm³/mol. The third-order valence-electron chi connectivity index (χ3n) is 6.14. The standard InChI is InChI=1S/C20H21FN2O3/c21-16-9-14-17(13-5-1-3-11-4-2-8-22(11)18(13)16)23(12-6-7-12)10-15(19(14)24)20(25)26/h9-12H,1-8H2,(H,25,26). The van der Waals surface area contributed by atoms with Gasteiger partial charge in [-0.1, -0.05) is 0 Å². The number of anilines is 1. The molecular formula is C20H21FN2O3. The Labute approximate surface area is 150 Å². The molecule has 5 rings (SSSR count). The minimum absolute atomic E-state index is 0.211. The summed E-state index contributed by atoms with van der Waals surface area (Å²) < 4.78 is 17.1. The highest BCUT2D eigenvalue weighted by Crippen LogP contribution is 2.43. The molecule has 1 saturated heterocycles. The Balaban J connectivity index is 1.88. The van der Waals surface area contributed by atoms with E-state index in [1.807, 2.05) is 4.57 Å². The topological polar surface area (TPSA) is 62.5 Å². The van der Waals surface area contributed by atoms with Crippen LogP contribution in [0.2, 0.25) is 0 Å². The van der Waals surface area contributed by atoms with Crippen molar-refractivity contribution in [1.82, 2.24) is 4.57 Å². The number of carboxylic acids is 1. The summed E-state index contributed by atoms with van der Waals surface area (Å²) >= 11 is 0. The average molecular weight is 356 g/mol. The zero-order valence-corrected chi connectivity index (χ0v) is 14.5. The van der Waals surface area contributed by atoms with E-state index in [0.29, 0.717) is 11.7 Å². The van der Waals surface area contributed by atoms with Crippen LogP contribution in [0.15, 0.2) is 17.1 Å². The van der Waals surface area contributed by atoms with E-state index in [2.05, 4.69) is 4.90 Å². The minimum atomic E-state index is -1.25. The van der Waals surface area contributed by atoms with Gasteiger partial charge in [0.1, 0.15) is 11.4 Å². The summed E-state index contributed by atoms with van der Waals surface area (Å²) in [5.41, 5.74) is 1.45. The van der Waals surface area contributed by atoms with Crippen LogP contribution in [0.5, 0.6) is 0 Å². The monoisotopic (exact) mass is 356 g/mol. The van der Waals surface area contributed by atoms with Gasteiger partial charge in [0.2, 0.25) is 5.43 Å². The Kier molecular flexibility index (Phi) is 3.39. The molecule has 1 aliphatic carbocycles. The number of pyridine rings is 1. The Bertz CT molecular complexity index is 993. The number of halogens is 1. The van der Waals surface area contributed by atoms with E-state index in [4.69, 9.17) is 0 Å². The van der Waals surface area contributed by atoms with Gasteiger partial charge in [0, 0.05) is 35.8 Å². The average Bonchev–Trinajstić information content (AvgIpc) is 3.38. The van der Waals surface area contributed by atoms with Gasteiger partial charge in [-0.3, -0.25) is 4.79 Å². The number of hydrogen-bond acceptors (Lipinski definition) is 3. The fourth-order valence-corrected chi connectivity index (χ4v) is 4.84. The minimum Gasteiger partial charge on any atom is -0.477 e. The Morgan fingerprint density at radius 1 is 1.15 bits per heavy atom. The van der Waals surface area contributed by atoms with Crippen molar-refractivity contribution in [1.29, 1.82) is 0 Å². The van der Waals surface area contributed by atoms with E-state index in [1.54, 1.807) is 0 Å². The van der Waals surface area contributed by atoms with Crippen LogP contribution in [0.3, 0.4) is 0 Å². The Morgan fingerprint density at radius 3 is 2.65 bits per heavy atom. The maximum atomic E-state index is 15.1. The molecule has 2 fully saturated rings. The van der Waals surface area contributed by atoms with Crippen LogP contribution >= 0.6 is 0 Å². The number of nitrogens with zero attached hydrogens (tertiary/aromatic N) is 2. The number of rotatable bonds is 2. The summed E-state index contributed by atoms with van der Waals surface area (Å²) in [7, 11) is 0. The predicted octanol–water partition coefficient (Wildman–Crippen LogP) is 3.48. The molecule has 0 bridgehead atoms. The SMILES string of the molecule is O=C(O)c1cn(C2CC2)c2c3c(c(F)cc2c1=O)N1CCCC1CCC3. The van der Waals surface area contributed by atoms with Crippen LogP contribution in [0, 0.1) is 5.82 Å². The van der Waals surface area contributed by atoms with Gasteiger partial charge in [-0.15, -0.1) is 0 Å². The third-order valence-corrected chi connectivity index (χ3v) is 6.14. The van der Waals surface area contributed by atoms with Crippen molar-refractivity contribution in [3.8, 4) is 0 Å². The van der Waals surface area contributed by atoms with Crippen LogP contribution in [0.4, 0.5) is 10.1 Å². The fraction of sp³-hybridized carbons (Fsp3) is 0.500. The zero-order chi connectivity index (χ0) is 18.0. The van der Waals surface area contributed by atoms with Crippen LogP contribution in [-0.2, 0) is 6.42 Å². The molecule has 3 heterocycles. The number of aryl methyl sites for hydroxylation is 1. The highest BCUT2D eigenvalue weighted by atomic mass is 19.1. The molecule has 136 valence electrons. The van der Waals surface area contributed by atoms with Crippen molar-refractivity contribution in [2.75, 3.05) is 11.4 Å². The largest absolute Gasteiger partial charge is 0.477 e. The first-order chi connectivity index (χ1) is 12.6. The number of benzene rings is 1. The summed E-state index contributed by atoms with van der Waals surface area (Å²) in [4.78, 5) is 26.5. The van der Waals surface area contributed by atoms with E-state index >= 15 is 4.39 Å². The maximum Gasteiger partial charge on any atom is 0.341 e. The second-order valence-electron chi connectivity index (χ2n) is 7.78. The van der Waals surface area contributed by atoms with Crippen molar-refractivity contribution < 1.29 is 14.3 Å². The van der Waals surface area contributed by atoms with E-state index in [0.717, 1.165) is 62.6 Å². The normalized spacial score (nSPS) is 22.2. The first kappa shape index (κ1) is 15.9. The van der Waals surface area contributed by atoms with Crippen LogP contribution in [0.25, 0.3) is 10.9 Å². The summed E-state index contributed by atoms with van der Waals surface area (Å²) in [5, 5.41) is 9.63. The summed E-state index contributed by atoms with van der Waals surface area (Å²) in [5.74, 6) is -1.63. The smallest absolute Gasteiger partial charge is 0.341 e. The highest BCUT2D eigenvalue weighted by molar-refractivity contribution is 5.95. The highest BCUT2D eigenvalue weighted by Gasteiger charge is 2.34. The number of carboxylic acid groups (broad SMARTS) is 1. The number of aromatic nitrogens is 1. The molecule has 26 heavy (non-hydrogen) atoms. The van der Waals surface area contributed by atoms with Gasteiger partial charge in [0.05, 0.1) is 11.2 Å². The lowest BCUT2D eigenvalue weighted by Crippen LogP contribution is -2.29. The second kappa shape index (κ2) is 5.56. The third kappa shape index (κ3) is 2.20. The van der Waals surface area contributed by atoms with Crippen molar-refractivity contribution in [3.05, 3.63) is 39.4 Å². The molecule has 0 amide bonds. The number of fused-ring (bicyclic) bond motifs is 5. The quantitative estimate of drug-likeness (QED) is 0.895. The first-order valence-corrected chi connectivity index (χ1v) is 9.46. The van der Waals surface area contributed by atoms with E-state index in [-0.39, 0.29) is 22.8 Å². The van der Waals surface area contributed by atoms with Crippen molar-refractivity contribution in [3.63, 3.8) is 0 Å². The Morgan fingerprint density at radius 2 is 1.92 bits per heavy atom. The van der Waals surface area contributed by atoms with Crippen LogP contribution < -0.4 is 10.3 Å². The molecule has 3 aliphatic rings. The Hall–Kier alpha value is -2.37. The van der Waals surface area contributed by atoms with Gasteiger partial charge >= 0.3 is 5.97 Å². The molecule has 1 unspecified atom stereocenters.